The standard InChI is InChI=1S/C23H26N8/c24-17-6-8-18(9-7-17)29-21-22-27-15-20(31(22)13-12-25-21)19-10-11-26-23(30-19)28-14-16-4-2-1-3-5-16/h1-5,10-13,15,17-18H,6-9,14,24H2,(H,25,29)(H,26,28,30)/t17-,18-. The summed E-state index contributed by atoms with van der Waals surface area (Å²) in [6, 6.07) is 12.8. The van der Waals surface area contributed by atoms with Crippen LogP contribution in [-0.2, 0) is 6.54 Å². The van der Waals surface area contributed by atoms with E-state index in [0.29, 0.717) is 24.6 Å². The number of aromatic nitrogens is 5. The average Bonchev–Trinajstić information content (AvgIpc) is 3.25. The highest BCUT2D eigenvalue weighted by atomic mass is 15.1. The molecule has 8 heteroatoms. The highest BCUT2D eigenvalue weighted by Gasteiger charge is 2.20. The van der Waals surface area contributed by atoms with E-state index in [9.17, 15) is 0 Å². The van der Waals surface area contributed by atoms with Gasteiger partial charge in [0.25, 0.3) is 0 Å². The summed E-state index contributed by atoms with van der Waals surface area (Å²) in [4.78, 5) is 18.2. The molecule has 8 nitrogen and oxygen atoms in total. The van der Waals surface area contributed by atoms with Crippen molar-refractivity contribution in [2.24, 2.45) is 5.73 Å². The number of hydrogen-bond donors (Lipinski definition) is 3. The molecule has 3 heterocycles. The summed E-state index contributed by atoms with van der Waals surface area (Å²) in [6.45, 7) is 0.667. The number of fused-ring (bicyclic) bond motifs is 1. The molecular weight excluding hydrogens is 388 g/mol. The number of nitrogens with one attached hydrogen (secondary N) is 2. The molecule has 158 valence electrons. The zero-order chi connectivity index (χ0) is 21.0. The van der Waals surface area contributed by atoms with Gasteiger partial charge in [-0.1, -0.05) is 30.3 Å². The number of anilines is 2. The first-order valence-corrected chi connectivity index (χ1v) is 10.7. The molecule has 1 aliphatic carbocycles. The predicted molar refractivity (Wildman–Crippen MR) is 122 cm³/mol. The minimum absolute atomic E-state index is 0.322. The first kappa shape index (κ1) is 19.4. The summed E-state index contributed by atoms with van der Waals surface area (Å²) in [5.74, 6) is 1.38. The molecule has 4 aromatic rings. The lowest BCUT2D eigenvalue weighted by Gasteiger charge is -2.27. The third-order valence-corrected chi connectivity index (χ3v) is 5.75. The molecule has 1 saturated carbocycles. The molecule has 31 heavy (non-hydrogen) atoms. The summed E-state index contributed by atoms with van der Waals surface area (Å²) in [7, 11) is 0. The molecule has 0 amide bonds. The second-order valence-corrected chi connectivity index (χ2v) is 7.97. The molecule has 0 aliphatic heterocycles. The van der Waals surface area contributed by atoms with Gasteiger partial charge in [0.2, 0.25) is 5.95 Å². The number of imidazole rings is 1. The van der Waals surface area contributed by atoms with E-state index >= 15 is 0 Å². The Balaban J connectivity index is 1.37. The van der Waals surface area contributed by atoms with Crippen LogP contribution in [0.25, 0.3) is 17.0 Å². The molecule has 1 fully saturated rings. The van der Waals surface area contributed by atoms with Crippen LogP contribution in [0.3, 0.4) is 0 Å². The Morgan fingerprint density at radius 3 is 2.65 bits per heavy atom. The quantitative estimate of drug-likeness (QED) is 0.443. The zero-order valence-electron chi connectivity index (χ0n) is 17.3. The fourth-order valence-electron chi connectivity index (χ4n) is 4.03. The van der Waals surface area contributed by atoms with Crippen molar-refractivity contribution in [1.29, 1.82) is 0 Å². The SMILES string of the molecule is N[C@H]1CC[C@H](Nc2nccn3c(-c4ccnc(NCc5ccccc5)n4)cnc23)CC1. The molecule has 5 rings (SSSR count). The van der Waals surface area contributed by atoms with Gasteiger partial charge in [-0.2, -0.15) is 0 Å². The Bertz CT molecular complexity index is 1150. The molecule has 0 bridgehead atoms. The van der Waals surface area contributed by atoms with Crippen LogP contribution in [0.1, 0.15) is 31.2 Å². The van der Waals surface area contributed by atoms with E-state index in [4.69, 9.17) is 10.7 Å². The maximum absolute atomic E-state index is 6.04. The Labute approximate surface area is 181 Å². The van der Waals surface area contributed by atoms with Crippen LogP contribution in [0.4, 0.5) is 11.8 Å². The van der Waals surface area contributed by atoms with Gasteiger partial charge in [0.15, 0.2) is 11.5 Å². The maximum Gasteiger partial charge on any atom is 0.223 e. The first-order chi connectivity index (χ1) is 15.3. The summed E-state index contributed by atoms with van der Waals surface area (Å²) in [5.41, 5.74) is 9.72. The molecule has 0 spiro atoms. The van der Waals surface area contributed by atoms with E-state index < -0.39 is 0 Å². The highest BCUT2D eigenvalue weighted by Crippen LogP contribution is 2.25. The number of nitrogens with two attached hydrogens (primary N) is 1. The normalized spacial score (nSPS) is 18.7. The van der Waals surface area contributed by atoms with Crippen molar-refractivity contribution in [2.75, 3.05) is 10.6 Å². The largest absolute Gasteiger partial charge is 0.364 e. The van der Waals surface area contributed by atoms with Crippen molar-refractivity contribution in [2.45, 2.75) is 44.3 Å². The fourth-order valence-corrected chi connectivity index (χ4v) is 4.03. The third kappa shape index (κ3) is 4.34. The van der Waals surface area contributed by atoms with E-state index in [1.165, 1.54) is 5.56 Å². The fraction of sp³-hybridized carbons (Fsp3) is 0.304. The van der Waals surface area contributed by atoms with Crippen molar-refractivity contribution < 1.29 is 0 Å². The Morgan fingerprint density at radius 1 is 0.968 bits per heavy atom. The van der Waals surface area contributed by atoms with Crippen molar-refractivity contribution >= 4 is 17.4 Å². The van der Waals surface area contributed by atoms with Gasteiger partial charge in [0.05, 0.1) is 17.6 Å². The monoisotopic (exact) mass is 414 g/mol. The van der Waals surface area contributed by atoms with Gasteiger partial charge in [-0.3, -0.25) is 4.40 Å². The van der Waals surface area contributed by atoms with Gasteiger partial charge in [-0.15, -0.1) is 0 Å². The summed E-state index contributed by atoms with van der Waals surface area (Å²) in [6.07, 6.45) is 11.5. The van der Waals surface area contributed by atoms with E-state index in [2.05, 4.69) is 37.7 Å². The van der Waals surface area contributed by atoms with Gasteiger partial charge in [-0.25, -0.2) is 19.9 Å². The minimum Gasteiger partial charge on any atom is -0.364 e. The van der Waals surface area contributed by atoms with Crippen LogP contribution in [0.5, 0.6) is 0 Å². The van der Waals surface area contributed by atoms with Crippen LogP contribution in [0.15, 0.2) is 61.2 Å². The van der Waals surface area contributed by atoms with Crippen molar-refractivity contribution in [1.82, 2.24) is 24.3 Å². The second kappa shape index (κ2) is 8.69. The smallest absolute Gasteiger partial charge is 0.223 e. The molecule has 1 aromatic carbocycles. The van der Waals surface area contributed by atoms with Crippen LogP contribution < -0.4 is 16.4 Å². The molecular formula is C23H26N8. The van der Waals surface area contributed by atoms with Crippen molar-refractivity contribution in [3.63, 3.8) is 0 Å². The number of benzene rings is 1. The van der Waals surface area contributed by atoms with Gasteiger partial charge < -0.3 is 16.4 Å². The summed E-state index contributed by atoms with van der Waals surface area (Å²) in [5, 5.41) is 6.86. The number of rotatable bonds is 6. The predicted octanol–water partition coefficient (Wildman–Crippen LogP) is 3.48. The molecule has 0 atom stereocenters. The van der Waals surface area contributed by atoms with E-state index in [1.807, 2.05) is 41.1 Å². The highest BCUT2D eigenvalue weighted by molar-refractivity contribution is 5.69. The lowest BCUT2D eigenvalue weighted by atomic mass is 9.92. The number of hydrogen-bond acceptors (Lipinski definition) is 7. The van der Waals surface area contributed by atoms with Crippen LogP contribution >= 0.6 is 0 Å². The van der Waals surface area contributed by atoms with E-state index in [0.717, 1.165) is 48.5 Å². The van der Waals surface area contributed by atoms with Crippen LogP contribution in [-0.4, -0.2) is 36.4 Å². The van der Waals surface area contributed by atoms with Crippen molar-refractivity contribution in [3.05, 3.63) is 66.7 Å². The second-order valence-electron chi connectivity index (χ2n) is 7.97. The minimum atomic E-state index is 0.322. The summed E-state index contributed by atoms with van der Waals surface area (Å²) < 4.78 is 2.02. The van der Waals surface area contributed by atoms with Crippen molar-refractivity contribution in [3.8, 4) is 11.4 Å². The van der Waals surface area contributed by atoms with Gasteiger partial charge >= 0.3 is 0 Å². The molecule has 0 saturated heterocycles. The van der Waals surface area contributed by atoms with E-state index in [1.54, 1.807) is 12.4 Å². The van der Waals surface area contributed by atoms with Crippen LogP contribution in [0.2, 0.25) is 0 Å². The first-order valence-electron chi connectivity index (χ1n) is 10.7. The topological polar surface area (TPSA) is 106 Å². The number of nitrogens with zero attached hydrogens (tertiary/aromatic N) is 5. The summed E-state index contributed by atoms with van der Waals surface area (Å²) >= 11 is 0. The molecule has 4 N–H and O–H groups in total. The maximum atomic E-state index is 6.04. The Hall–Kier alpha value is -3.52. The lowest BCUT2D eigenvalue weighted by molar-refractivity contribution is 0.410. The lowest BCUT2D eigenvalue weighted by Crippen LogP contribution is -2.33. The van der Waals surface area contributed by atoms with Gasteiger partial charge in [0.1, 0.15) is 0 Å². The van der Waals surface area contributed by atoms with E-state index in [-0.39, 0.29) is 0 Å². The third-order valence-electron chi connectivity index (χ3n) is 5.75. The average molecular weight is 415 g/mol. The van der Waals surface area contributed by atoms with Gasteiger partial charge in [-0.05, 0) is 37.3 Å². The zero-order valence-corrected chi connectivity index (χ0v) is 17.3. The van der Waals surface area contributed by atoms with Gasteiger partial charge in [0, 0.05) is 37.2 Å². The molecule has 0 radical (unpaired) electrons. The molecule has 0 unspecified atom stereocenters. The Morgan fingerprint density at radius 2 is 1.81 bits per heavy atom. The molecule has 3 aromatic heterocycles. The molecule has 1 aliphatic rings. The Kier molecular flexibility index (Phi) is 5.45. The van der Waals surface area contributed by atoms with Crippen LogP contribution in [0, 0.1) is 0 Å².